The Kier molecular flexibility index (Phi) is 6.73. The van der Waals surface area contributed by atoms with Gasteiger partial charge in [0.05, 0.1) is 6.61 Å². The van der Waals surface area contributed by atoms with Gasteiger partial charge in [0.2, 0.25) is 5.91 Å². The smallest absolute Gasteiger partial charge is 0.325 e. The van der Waals surface area contributed by atoms with Crippen molar-refractivity contribution in [2.24, 2.45) is 0 Å². The van der Waals surface area contributed by atoms with Gasteiger partial charge in [-0.3, -0.25) is 14.4 Å². The van der Waals surface area contributed by atoms with Crippen molar-refractivity contribution >= 4 is 29.3 Å². The maximum Gasteiger partial charge on any atom is 0.325 e. The minimum absolute atomic E-state index is 0.0286. The van der Waals surface area contributed by atoms with Crippen molar-refractivity contribution in [3.05, 3.63) is 34.9 Å². The minimum atomic E-state index is -0.495. The van der Waals surface area contributed by atoms with E-state index in [0.29, 0.717) is 10.6 Å². The third kappa shape index (κ3) is 5.84. The number of halogens is 1. The first-order valence-corrected chi connectivity index (χ1v) is 6.61. The normalized spacial score (nSPS) is 9.90. The molecule has 0 aromatic heterocycles. The molecule has 0 unspecified atom stereocenters. The second-order valence-corrected chi connectivity index (χ2v) is 4.45. The van der Waals surface area contributed by atoms with Crippen molar-refractivity contribution < 1.29 is 19.1 Å². The molecule has 5 nitrogen and oxygen atoms in total. The number of hydrogen-bond donors (Lipinski definition) is 1. The lowest BCUT2D eigenvalue weighted by Gasteiger charge is -2.05. The predicted octanol–water partition coefficient (Wildman–Crippen LogP) is 1.98. The molecule has 0 saturated heterocycles. The molecule has 1 aromatic rings. The number of carbonyl (C=O) groups excluding carboxylic acids is 3. The topological polar surface area (TPSA) is 72.5 Å². The third-order valence-electron chi connectivity index (χ3n) is 2.48. The van der Waals surface area contributed by atoms with Crippen LogP contribution in [0.5, 0.6) is 0 Å². The van der Waals surface area contributed by atoms with Crippen molar-refractivity contribution in [2.75, 3.05) is 13.2 Å². The van der Waals surface area contributed by atoms with Crippen molar-refractivity contribution in [3.63, 3.8) is 0 Å². The van der Waals surface area contributed by atoms with Crippen molar-refractivity contribution in [3.8, 4) is 0 Å². The number of nitrogens with one attached hydrogen (secondary N) is 1. The van der Waals surface area contributed by atoms with Crippen LogP contribution in [0.3, 0.4) is 0 Å². The molecule has 0 saturated carbocycles. The summed E-state index contributed by atoms with van der Waals surface area (Å²) < 4.78 is 4.67. The van der Waals surface area contributed by atoms with Crippen molar-refractivity contribution in [1.29, 1.82) is 0 Å². The Bertz CT molecular complexity index is 484. The summed E-state index contributed by atoms with van der Waals surface area (Å²) in [7, 11) is 0. The summed E-state index contributed by atoms with van der Waals surface area (Å²) in [6.45, 7) is 1.77. The van der Waals surface area contributed by atoms with Crippen LogP contribution in [-0.4, -0.2) is 30.8 Å². The van der Waals surface area contributed by atoms with Gasteiger partial charge < -0.3 is 10.1 Å². The lowest BCUT2D eigenvalue weighted by Crippen LogP contribution is -2.30. The largest absolute Gasteiger partial charge is 0.465 e. The standard InChI is InChI=1S/C14H16ClNO4/c1-2-20-14(19)9-16-13(18)8-7-12(17)10-3-5-11(15)6-4-10/h3-6H,2,7-9H2,1H3,(H,16,18). The van der Waals surface area contributed by atoms with Gasteiger partial charge in [-0.2, -0.15) is 0 Å². The lowest BCUT2D eigenvalue weighted by atomic mass is 10.1. The quantitative estimate of drug-likeness (QED) is 0.617. The van der Waals surface area contributed by atoms with Crippen LogP contribution >= 0.6 is 11.6 Å². The van der Waals surface area contributed by atoms with Gasteiger partial charge in [0.25, 0.3) is 0 Å². The summed E-state index contributed by atoms with van der Waals surface area (Å²) in [5.74, 6) is -1.00. The number of ketones is 1. The lowest BCUT2D eigenvalue weighted by molar-refractivity contribution is -0.143. The van der Waals surface area contributed by atoms with Crippen LogP contribution in [-0.2, 0) is 14.3 Å². The first kappa shape index (κ1) is 16.2. The van der Waals surface area contributed by atoms with E-state index in [1.807, 2.05) is 0 Å². The average molecular weight is 298 g/mol. The molecule has 0 bridgehead atoms. The molecule has 6 heteroatoms. The summed E-state index contributed by atoms with van der Waals surface area (Å²) in [5, 5.41) is 2.95. The van der Waals surface area contributed by atoms with Gasteiger partial charge in [0.1, 0.15) is 6.54 Å². The van der Waals surface area contributed by atoms with Gasteiger partial charge in [-0.25, -0.2) is 0 Å². The number of ether oxygens (including phenoxy) is 1. The zero-order chi connectivity index (χ0) is 15.0. The molecular weight excluding hydrogens is 282 g/mol. The molecule has 0 spiro atoms. The molecule has 0 atom stereocenters. The molecule has 0 aliphatic carbocycles. The maximum absolute atomic E-state index is 11.8. The molecule has 0 fully saturated rings. The molecule has 108 valence electrons. The fourth-order valence-electron chi connectivity index (χ4n) is 1.48. The van der Waals surface area contributed by atoms with Gasteiger partial charge in [-0.15, -0.1) is 0 Å². The molecule has 0 radical (unpaired) electrons. The second kappa shape index (κ2) is 8.32. The molecule has 1 amide bonds. The first-order chi connectivity index (χ1) is 9.52. The molecule has 0 aliphatic rings. The molecule has 1 aromatic carbocycles. The summed E-state index contributed by atoms with van der Waals surface area (Å²) in [4.78, 5) is 34.3. The molecule has 0 aliphatic heterocycles. The van der Waals surface area contributed by atoms with Crippen molar-refractivity contribution in [1.82, 2.24) is 5.32 Å². The highest BCUT2D eigenvalue weighted by Crippen LogP contribution is 2.11. The number of carbonyl (C=O) groups is 3. The van der Waals surface area contributed by atoms with Crippen LogP contribution in [0.25, 0.3) is 0 Å². The van der Waals surface area contributed by atoms with E-state index < -0.39 is 5.97 Å². The van der Waals surface area contributed by atoms with Gasteiger partial charge in [0.15, 0.2) is 5.78 Å². The first-order valence-electron chi connectivity index (χ1n) is 6.24. The van der Waals surface area contributed by atoms with E-state index in [2.05, 4.69) is 10.1 Å². The number of hydrogen-bond acceptors (Lipinski definition) is 4. The van der Waals surface area contributed by atoms with Crippen LogP contribution in [0.15, 0.2) is 24.3 Å². The van der Waals surface area contributed by atoms with E-state index in [0.717, 1.165) is 0 Å². The number of esters is 1. The Labute approximate surface area is 122 Å². The van der Waals surface area contributed by atoms with Gasteiger partial charge in [-0.05, 0) is 31.2 Å². The minimum Gasteiger partial charge on any atom is -0.465 e. The molecule has 1 N–H and O–H groups in total. The summed E-state index contributed by atoms with van der Waals surface area (Å²) in [5.41, 5.74) is 0.507. The predicted molar refractivity (Wildman–Crippen MR) is 74.7 cm³/mol. The fourth-order valence-corrected chi connectivity index (χ4v) is 1.60. The summed E-state index contributed by atoms with van der Waals surface area (Å²) in [6, 6.07) is 6.47. The Hall–Kier alpha value is -1.88. The van der Waals surface area contributed by atoms with E-state index in [4.69, 9.17) is 11.6 Å². The summed E-state index contributed by atoms with van der Waals surface area (Å²) >= 11 is 5.72. The Morgan fingerprint density at radius 3 is 2.40 bits per heavy atom. The van der Waals surface area contributed by atoms with E-state index in [-0.39, 0.29) is 37.7 Å². The number of Topliss-reactive ketones (excluding diaryl/α,β-unsaturated/α-hetero) is 1. The SMILES string of the molecule is CCOC(=O)CNC(=O)CCC(=O)c1ccc(Cl)cc1. The number of amides is 1. The second-order valence-electron chi connectivity index (χ2n) is 4.01. The zero-order valence-electron chi connectivity index (χ0n) is 11.1. The van der Waals surface area contributed by atoms with Gasteiger partial charge in [0, 0.05) is 23.4 Å². The maximum atomic E-state index is 11.8. The Morgan fingerprint density at radius 2 is 1.80 bits per heavy atom. The Balaban J connectivity index is 2.32. The fraction of sp³-hybridized carbons (Fsp3) is 0.357. The number of rotatable bonds is 7. The van der Waals surface area contributed by atoms with Crippen LogP contribution in [0, 0.1) is 0 Å². The third-order valence-corrected chi connectivity index (χ3v) is 2.73. The number of benzene rings is 1. The van der Waals surface area contributed by atoms with E-state index in [1.54, 1.807) is 31.2 Å². The van der Waals surface area contributed by atoms with E-state index >= 15 is 0 Å². The Morgan fingerprint density at radius 1 is 1.15 bits per heavy atom. The molecular formula is C14H16ClNO4. The molecule has 1 rings (SSSR count). The van der Waals surface area contributed by atoms with Gasteiger partial charge in [-0.1, -0.05) is 11.6 Å². The molecule has 20 heavy (non-hydrogen) atoms. The van der Waals surface area contributed by atoms with E-state index in [9.17, 15) is 14.4 Å². The zero-order valence-corrected chi connectivity index (χ0v) is 11.9. The van der Waals surface area contributed by atoms with Crippen LogP contribution in [0.1, 0.15) is 30.1 Å². The highest BCUT2D eigenvalue weighted by molar-refractivity contribution is 6.30. The average Bonchev–Trinajstić information content (AvgIpc) is 2.43. The van der Waals surface area contributed by atoms with Crippen LogP contribution in [0.2, 0.25) is 5.02 Å². The summed E-state index contributed by atoms with van der Waals surface area (Å²) in [6.07, 6.45) is 0.108. The van der Waals surface area contributed by atoms with Crippen LogP contribution in [0.4, 0.5) is 0 Å². The van der Waals surface area contributed by atoms with Gasteiger partial charge >= 0.3 is 5.97 Å². The highest BCUT2D eigenvalue weighted by atomic mass is 35.5. The highest BCUT2D eigenvalue weighted by Gasteiger charge is 2.10. The molecule has 0 heterocycles. The van der Waals surface area contributed by atoms with Crippen LogP contribution < -0.4 is 5.32 Å². The van der Waals surface area contributed by atoms with Crippen molar-refractivity contribution in [2.45, 2.75) is 19.8 Å². The monoisotopic (exact) mass is 297 g/mol. The van der Waals surface area contributed by atoms with E-state index in [1.165, 1.54) is 0 Å².